The van der Waals surface area contributed by atoms with Crippen molar-refractivity contribution in [2.75, 3.05) is 0 Å². The summed E-state index contributed by atoms with van der Waals surface area (Å²) in [6, 6.07) is 4.03. The first-order chi connectivity index (χ1) is 7.22. The fourth-order valence-electron chi connectivity index (χ4n) is 1.69. The number of nitrogens with zero attached hydrogens (tertiary/aromatic N) is 2. The molecule has 82 valence electrons. The summed E-state index contributed by atoms with van der Waals surface area (Å²) in [7, 11) is 0. The van der Waals surface area contributed by atoms with Gasteiger partial charge in [-0.15, -0.1) is 0 Å². The first-order valence-electron chi connectivity index (χ1n) is 5.33. The van der Waals surface area contributed by atoms with Crippen molar-refractivity contribution >= 4 is 22.5 Å². The van der Waals surface area contributed by atoms with E-state index in [1.807, 2.05) is 26.1 Å². The van der Waals surface area contributed by atoms with E-state index >= 15 is 0 Å². The second-order valence-electron chi connectivity index (χ2n) is 3.10. The van der Waals surface area contributed by atoms with Gasteiger partial charge < -0.3 is 4.57 Å². The van der Waals surface area contributed by atoms with Crippen LogP contribution in [0.25, 0.3) is 10.9 Å². The van der Waals surface area contributed by atoms with Crippen molar-refractivity contribution in [1.82, 2.24) is 9.55 Å². The average molecular weight is 225 g/mol. The van der Waals surface area contributed by atoms with Crippen molar-refractivity contribution in [2.24, 2.45) is 0 Å². The molecule has 0 aliphatic rings. The molecule has 0 bridgehead atoms. The Kier molecular flexibility index (Phi) is 4.15. The Morgan fingerprint density at radius 3 is 2.60 bits per heavy atom. The third kappa shape index (κ3) is 2.32. The number of rotatable bonds is 1. The highest BCUT2D eigenvalue weighted by Crippen LogP contribution is 2.20. The average Bonchev–Trinajstić information content (AvgIpc) is 2.55. The van der Waals surface area contributed by atoms with Gasteiger partial charge in [-0.3, -0.25) is 0 Å². The molecule has 2 heterocycles. The Hall–Kier alpha value is -1.02. The van der Waals surface area contributed by atoms with E-state index in [9.17, 15) is 0 Å². The fraction of sp³-hybridized carbons (Fsp3) is 0.417. The lowest BCUT2D eigenvalue weighted by Gasteiger charge is -2.02. The zero-order valence-corrected chi connectivity index (χ0v) is 10.5. The first kappa shape index (κ1) is 12.1. The molecule has 0 spiro atoms. The van der Waals surface area contributed by atoms with Gasteiger partial charge in [0.2, 0.25) is 0 Å². The summed E-state index contributed by atoms with van der Waals surface area (Å²) in [5.74, 6) is 0. The van der Waals surface area contributed by atoms with Gasteiger partial charge in [0, 0.05) is 17.6 Å². The standard InChI is InChI=1S/C10H11ClN2.C2H6/c1-3-13-7(2)4-8-5-10(11)12-6-9(8)13;1-2/h4-6H,3H2,1-2H3;1-2H3. The van der Waals surface area contributed by atoms with Crippen molar-refractivity contribution in [3.8, 4) is 0 Å². The molecule has 0 aliphatic heterocycles. The van der Waals surface area contributed by atoms with Gasteiger partial charge in [-0.05, 0) is 26.0 Å². The molecule has 0 radical (unpaired) electrons. The largest absolute Gasteiger partial charge is 0.344 e. The van der Waals surface area contributed by atoms with Crippen LogP contribution in [-0.4, -0.2) is 9.55 Å². The van der Waals surface area contributed by atoms with Crippen LogP contribution in [0.1, 0.15) is 26.5 Å². The topological polar surface area (TPSA) is 17.8 Å². The highest BCUT2D eigenvalue weighted by molar-refractivity contribution is 6.30. The van der Waals surface area contributed by atoms with Gasteiger partial charge in [-0.1, -0.05) is 25.4 Å². The van der Waals surface area contributed by atoms with Gasteiger partial charge in [0.15, 0.2) is 0 Å². The maximum absolute atomic E-state index is 5.80. The summed E-state index contributed by atoms with van der Waals surface area (Å²) in [4.78, 5) is 4.07. The summed E-state index contributed by atoms with van der Waals surface area (Å²) < 4.78 is 2.22. The van der Waals surface area contributed by atoms with Crippen molar-refractivity contribution in [3.63, 3.8) is 0 Å². The lowest BCUT2D eigenvalue weighted by Crippen LogP contribution is -1.95. The lowest BCUT2D eigenvalue weighted by molar-refractivity contribution is 0.768. The minimum atomic E-state index is 0.556. The number of fused-ring (bicyclic) bond motifs is 1. The van der Waals surface area contributed by atoms with Crippen molar-refractivity contribution < 1.29 is 0 Å². The monoisotopic (exact) mass is 224 g/mol. The lowest BCUT2D eigenvalue weighted by atomic mass is 10.3. The Bertz CT molecular complexity index is 446. The number of aryl methyl sites for hydroxylation is 2. The number of pyridine rings is 1. The molecule has 0 amide bonds. The van der Waals surface area contributed by atoms with E-state index in [0.717, 1.165) is 12.1 Å². The van der Waals surface area contributed by atoms with Crippen molar-refractivity contribution in [3.05, 3.63) is 29.2 Å². The van der Waals surface area contributed by atoms with Crippen LogP contribution in [0.15, 0.2) is 18.3 Å². The molecule has 0 aromatic carbocycles. The van der Waals surface area contributed by atoms with E-state index in [4.69, 9.17) is 11.6 Å². The Labute approximate surface area is 95.9 Å². The van der Waals surface area contributed by atoms with Gasteiger partial charge in [0.25, 0.3) is 0 Å². The Morgan fingerprint density at radius 2 is 2.00 bits per heavy atom. The molecule has 0 fully saturated rings. The van der Waals surface area contributed by atoms with Crippen LogP contribution in [0, 0.1) is 6.92 Å². The molecule has 0 saturated carbocycles. The summed E-state index contributed by atoms with van der Waals surface area (Å²) in [5.41, 5.74) is 2.41. The first-order valence-corrected chi connectivity index (χ1v) is 5.71. The van der Waals surface area contributed by atoms with Gasteiger partial charge in [0.05, 0.1) is 11.7 Å². The third-order valence-electron chi connectivity index (χ3n) is 2.28. The van der Waals surface area contributed by atoms with Crippen molar-refractivity contribution in [1.29, 1.82) is 0 Å². The molecular formula is C12H17ClN2. The second-order valence-corrected chi connectivity index (χ2v) is 3.48. The highest BCUT2D eigenvalue weighted by Gasteiger charge is 2.04. The number of aromatic nitrogens is 2. The molecule has 0 atom stereocenters. The smallest absolute Gasteiger partial charge is 0.129 e. The predicted octanol–water partition coefficient (Wildman–Crippen LogP) is 4.04. The number of halogens is 1. The van der Waals surface area contributed by atoms with Gasteiger partial charge >= 0.3 is 0 Å². The zero-order chi connectivity index (χ0) is 11.4. The predicted molar refractivity (Wildman–Crippen MR) is 66.5 cm³/mol. The molecule has 0 aliphatic carbocycles. The van der Waals surface area contributed by atoms with Gasteiger partial charge in [-0.2, -0.15) is 0 Å². The molecular weight excluding hydrogens is 208 g/mol. The van der Waals surface area contributed by atoms with E-state index in [1.165, 1.54) is 11.1 Å². The molecule has 3 heteroatoms. The Morgan fingerprint density at radius 1 is 1.33 bits per heavy atom. The van der Waals surface area contributed by atoms with Crippen LogP contribution in [0.3, 0.4) is 0 Å². The fourth-order valence-corrected chi connectivity index (χ4v) is 1.86. The number of hydrogen-bond donors (Lipinski definition) is 0. The highest BCUT2D eigenvalue weighted by atomic mass is 35.5. The van der Waals surface area contributed by atoms with E-state index in [0.29, 0.717) is 5.15 Å². The second kappa shape index (κ2) is 5.17. The van der Waals surface area contributed by atoms with Crippen LogP contribution in [0.2, 0.25) is 5.15 Å². The molecule has 0 saturated heterocycles. The summed E-state index contributed by atoms with van der Waals surface area (Å²) in [6.07, 6.45) is 1.83. The maximum atomic E-state index is 5.80. The van der Waals surface area contributed by atoms with Gasteiger partial charge in [0.1, 0.15) is 5.15 Å². The minimum Gasteiger partial charge on any atom is -0.344 e. The van der Waals surface area contributed by atoms with Crippen LogP contribution >= 0.6 is 11.6 Å². The van der Waals surface area contributed by atoms with Crippen molar-refractivity contribution in [2.45, 2.75) is 34.2 Å². The van der Waals surface area contributed by atoms with E-state index in [1.54, 1.807) is 0 Å². The molecule has 2 rings (SSSR count). The molecule has 0 N–H and O–H groups in total. The maximum Gasteiger partial charge on any atom is 0.129 e. The quantitative estimate of drug-likeness (QED) is 0.669. The summed E-state index contributed by atoms with van der Waals surface area (Å²) >= 11 is 5.80. The minimum absolute atomic E-state index is 0.556. The zero-order valence-electron chi connectivity index (χ0n) is 9.71. The van der Waals surface area contributed by atoms with E-state index in [2.05, 4.69) is 29.5 Å². The Balaban J connectivity index is 0.000000531. The normalized spacial score (nSPS) is 9.93. The van der Waals surface area contributed by atoms with Crippen LogP contribution < -0.4 is 0 Å². The number of hydrogen-bond acceptors (Lipinski definition) is 1. The molecule has 0 unspecified atom stereocenters. The SMILES string of the molecule is CC.CCn1c(C)cc2cc(Cl)ncc21. The third-order valence-corrected chi connectivity index (χ3v) is 2.48. The van der Waals surface area contributed by atoms with Crippen LogP contribution in [0.5, 0.6) is 0 Å². The molecule has 2 aromatic rings. The van der Waals surface area contributed by atoms with Gasteiger partial charge in [-0.25, -0.2) is 4.98 Å². The molecule has 15 heavy (non-hydrogen) atoms. The molecule has 2 aromatic heterocycles. The van der Waals surface area contributed by atoms with Crippen LogP contribution in [-0.2, 0) is 6.54 Å². The molecule has 2 nitrogen and oxygen atoms in total. The summed E-state index contributed by atoms with van der Waals surface area (Å²) in [5, 5.41) is 1.72. The van der Waals surface area contributed by atoms with Crippen LogP contribution in [0.4, 0.5) is 0 Å². The summed E-state index contributed by atoms with van der Waals surface area (Å²) in [6.45, 7) is 9.19. The van der Waals surface area contributed by atoms with E-state index < -0.39 is 0 Å². The van der Waals surface area contributed by atoms with E-state index in [-0.39, 0.29) is 0 Å².